The van der Waals surface area contributed by atoms with Crippen LogP contribution in [-0.4, -0.2) is 56.9 Å². The van der Waals surface area contributed by atoms with Crippen molar-refractivity contribution < 1.29 is 19.0 Å². The predicted molar refractivity (Wildman–Crippen MR) is 92.5 cm³/mol. The molecule has 0 radical (unpaired) electrons. The van der Waals surface area contributed by atoms with E-state index >= 15 is 0 Å². The van der Waals surface area contributed by atoms with Gasteiger partial charge >= 0.3 is 0 Å². The van der Waals surface area contributed by atoms with Crippen LogP contribution in [0.2, 0.25) is 0 Å². The second kappa shape index (κ2) is 8.89. The first kappa shape index (κ1) is 18.5. The van der Waals surface area contributed by atoms with Crippen molar-refractivity contribution in [2.24, 2.45) is 0 Å². The number of benzene rings is 1. The average molecular weight is 336 g/mol. The molecule has 0 bridgehead atoms. The zero-order chi connectivity index (χ0) is 17.5. The van der Waals surface area contributed by atoms with Crippen LogP contribution in [0.1, 0.15) is 25.8 Å². The Balaban J connectivity index is 2.07. The Labute approximate surface area is 144 Å². The minimum Gasteiger partial charge on any atom is -0.497 e. The maximum Gasteiger partial charge on any atom is 0.234 e. The van der Waals surface area contributed by atoms with Crippen molar-refractivity contribution in [1.29, 1.82) is 0 Å². The minimum absolute atomic E-state index is 0.0000745. The van der Waals surface area contributed by atoms with Crippen LogP contribution in [0.15, 0.2) is 18.2 Å². The molecule has 0 aliphatic carbocycles. The maximum absolute atomic E-state index is 12.3. The first-order valence-electron chi connectivity index (χ1n) is 8.39. The van der Waals surface area contributed by atoms with Gasteiger partial charge in [-0.3, -0.25) is 9.69 Å². The number of fused-ring (bicyclic) bond motifs is 1. The fourth-order valence-corrected chi connectivity index (χ4v) is 2.88. The molecule has 0 fully saturated rings. The summed E-state index contributed by atoms with van der Waals surface area (Å²) in [5, 5.41) is 2.96. The number of carbonyl (C=O) groups excluding carboxylic acids is 1. The molecule has 24 heavy (non-hydrogen) atoms. The zero-order valence-corrected chi connectivity index (χ0v) is 15.0. The third-order valence-electron chi connectivity index (χ3n) is 4.06. The van der Waals surface area contributed by atoms with Crippen LogP contribution < -0.4 is 14.8 Å². The molecule has 2 unspecified atom stereocenters. The normalized spacial score (nSPS) is 18.9. The number of nitrogens with one attached hydrogen (secondary N) is 1. The largest absolute Gasteiger partial charge is 0.497 e. The number of rotatable bonds is 7. The summed E-state index contributed by atoms with van der Waals surface area (Å²) >= 11 is 0. The van der Waals surface area contributed by atoms with Gasteiger partial charge in [0.15, 0.2) is 0 Å². The monoisotopic (exact) mass is 336 g/mol. The highest BCUT2D eigenvalue weighted by Crippen LogP contribution is 2.29. The Morgan fingerprint density at radius 2 is 2.25 bits per heavy atom. The number of hydrogen-bond donors (Lipinski definition) is 1. The van der Waals surface area contributed by atoms with Crippen LogP contribution >= 0.6 is 0 Å². The Hall–Kier alpha value is -1.79. The average Bonchev–Trinajstić information content (AvgIpc) is 2.72. The molecule has 1 N–H and O–H groups in total. The molecule has 0 spiro atoms. The van der Waals surface area contributed by atoms with Gasteiger partial charge in [0.2, 0.25) is 5.91 Å². The molecule has 0 aromatic heterocycles. The summed E-state index contributed by atoms with van der Waals surface area (Å²) in [6.45, 7) is 6.26. The van der Waals surface area contributed by atoms with Crippen molar-refractivity contribution in [3.8, 4) is 11.5 Å². The van der Waals surface area contributed by atoms with E-state index in [9.17, 15) is 4.79 Å². The van der Waals surface area contributed by atoms with Crippen LogP contribution in [0.4, 0.5) is 0 Å². The van der Waals surface area contributed by atoms with E-state index < -0.39 is 0 Å². The van der Waals surface area contributed by atoms with E-state index in [1.54, 1.807) is 14.2 Å². The summed E-state index contributed by atoms with van der Waals surface area (Å²) < 4.78 is 16.4. The molecule has 0 saturated heterocycles. The van der Waals surface area contributed by atoms with E-state index in [4.69, 9.17) is 14.2 Å². The van der Waals surface area contributed by atoms with E-state index in [1.807, 2.05) is 25.1 Å². The molecule has 1 heterocycles. The maximum atomic E-state index is 12.3. The Bertz CT molecular complexity index is 550. The summed E-state index contributed by atoms with van der Waals surface area (Å²) in [5.74, 6) is 1.67. The number of hydrogen-bond acceptors (Lipinski definition) is 5. The Morgan fingerprint density at radius 3 is 2.92 bits per heavy atom. The smallest absolute Gasteiger partial charge is 0.234 e. The van der Waals surface area contributed by atoms with Crippen LogP contribution in [-0.2, 0) is 16.1 Å². The molecular weight excluding hydrogens is 308 g/mol. The number of methoxy groups -OCH3 is 2. The van der Waals surface area contributed by atoms with Gasteiger partial charge in [-0.25, -0.2) is 0 Å². The number of amides is 1. The molecule has 2 atom stereocenters. The van der Waals surface area contributed by atoms with Crippen molar-refractivity contribution in [2.45, 2.75) is 39.0 Å². The highest BCUT2D eigenvalue weighted by Gasteiger charge is 2.24. The minimum atomic E-state index is 0.0000745. The SMILES string of the molecule is CCC1CN(CC(=O)NC(C)COC)Cc2cc(OC)ccc2O1. The topological polar surface area (TPSA) is 60.0 Å². The molecule has 1 aliphatic heterocycles. The van der Waals surface area contributed by atoms with E-state index in [0.29, 0.717) is 19.7 Å². The lowest BCUT2D eigenvalue weighted by molar-refractivity contribution is -0.123. The van der Waals surface area contributed by atoms with Crippen LogP contribution in [0.3, 0.4) is 0 Å². The fourth-order valence-electron chi connectivity index (χ4n) is 2.88. The van der Waals surface area contributed by atoms with Crippen molar-refractivity contribution >= 4 is 5.91 Å². The third kappa shape index (κ3) is 5.11. The number of ether oxygens (including phenoxy) is 3. The Morgan fingerprint density at radius 1 is 1.46 bits per heavy atom. The highest BCUT2D eigenvalue weighted by atomic mass is 16.5. The second-order valence-electron chi connectivity index (χ2n) is 6.22. The Kier molecular flexibility index (Phi) is 6.87. The van der Waals surface area contributed by atoms with Gasteiger partial charge in [0.1, 0.15) is 17.6 Å². The molecule has 0 saturated carbocycles. The van der Waals surface area contributed by atoms with E-state index in [1.165, 1.54) is 0 Å². The lowest BCUT2D eigenvalue weighted by atomic mass is 10.1. The molecule has 6 heteroatoms. The zero-order valence-electron chi connectivity index (χ0n) is 15.0. The van der Waals surface area contributed by atoms with Gasteiger partial charge < -0.3 is 19.5 Å². The molecule has 1 aliphatic rings. The molecular formula is C18H28N2O4. The lowest BCUT2D eigenvalue weighted by Gasteiger charge is -2.23. The fraction of sp³-hybridized carbons (Fsp3) is 0.611. The summed E-state index contributed by atoms with van der Waals surface area (Å²) in [6.07, 6.45) is 0.966. The van der Waals surface area contributed by atoms with Crippen molar-refractivity contribution in [3.05, 3.63) is 23.8 Å². The van der Waals surface area contributed by atoms with Gasteiger partial charge in [0, 0.05) is 31.8 Å². The van der Waals surface area contributed by atoms with Gasteiger partial charge in [-0.05, 0) is 31.5 Å². The van der Waals surface area contributed by atoms with Gasteiger partial charge in [-0.2, -0.15) is 0 Å². The number of carbonyl (C=O) groups is 1. The summed E-state index contributed by atoms with van der Waals surface area (Å²) in [4.78, 5) is 14.4. The quantitative estimate of drug-likeness (QED) is 0.823. The molecule has 2 rings (SSSR count). The first-order chi connectivity index (χ1) is 11.5. The molecule has 1 aromatic rings. The van der Waals surface area contributed by atoms with Crippen LogP contribution in [0, 0.1) is 0 Å². The molecule has 1 amide bonds. The predicted octanol–water partition coefficient (Wildman–Crippen LogP) is 1.82. The van der Waals surface area contributed by atoms with E-state index in [0.717, 1.165) is 30.0 Å². The molecule has 1 aromatic carbocycles. The molecule has 134 valence electrons. The van der Waals surface area contributed by atoms with Crippen LogP contribution in [0.25, 0.3) is 0 Å². The molecule has 6 nitrogen and oxygen atoms in total. The van der Waals surface area contributed by atoms with E-state index in [2.05, 4.69) is 17.1 Å². The standard InChI is InChI=1S/C18H28N2O4/c1-5-15-10-20(11-18(21)19-13(2)12-22-3)9-14-8-16(23-4)6-7-17(14)24-15/h6-8,13,15H,5,9-12H2,1-4H3,(H,19,21). The van der Waals surface area contributed by atoms with Gasteiger partial charge in [-0.1, -0.05) is 6.92 Å². The van der Waals surface area contributed by atoms with Crippen LogP contribution in [0.5, 0.6) is 11.5 Å². The number of nitrogens with zero attached hydrogens (tertiary/aromatic N) is 1. The third-order valence-corrected chi connectivity index (χ3v) is 4.06. The summed E-state index contributed by atoms with van der Waals surface area (Å²) in [5.41, 5.74) is 1.04. The summed E-state index contributed by atoms with van der Waals surface area (Å²) in [7, 11) is 3.28. The lowest BCUT2D eigenvalue weighted by Crippen LogP contribution is -2.44. The van der Waals surface area contributed by atoms with Gasteiger partial charge in [-0.15, -0.1) is 0 Å². The van der Waals surface area contributed by atoms with Gasteiger partial charge in [0.25, 0.3) is 0 Å². The van der Waals surface area contributed by atoms with Crippen molar-refractivity contribution in [2.75, 3.05) is 33.9 Å². The highest BCUT2D eigenvalue weighted by molar-refractivity contribution is 5.78. The summed E-state index contributed by atoms with van der Waals surface area (Å²) in [6, 6.07) is 5.83. The van der Waals surface area contributed by atoms with Crippen molar-refractivity contribution in [1.82, 2.24) is 10.2 Å². The second-order valence-corrected chi connectivity index (χ2v) is 6.22. The van der Waals surface area contributed by atoms with E-state index in [-0.39, 0.29) is 18.1 Å². The van der Waals surface area contributed by atoms with Crippen molar-refractivity contribution in [3.63, 3.8) is 0 Å². The van der Waals surface area contributed by atoms with Gasteiger partial charge in [0.05, 0.1) is 20.3 Å². The first-order valence-corrected chi connectivity index (χ1v) is 8.39.